The number of para-hydroxylation sites is 1. The predicted octanol–water partition coefficient (Wildman–Crippen LogP) is 2.83. The first-order valence-corrected chi connectivity index (χ1v) is 11.8. The second-order valence-corrected chi connectivity index (χ2v) is 9.07. The Hall–Kier alpha value is -0.990. The van der Waals surface area contributed by atoms with Gasteiger partial charge in [-0.25, -0.2) is 9.65 Å². The van der Waals surface area contributed by atoms with Crippen molar-refractivity contribution in [2.75, 3.05) is 13.2 Å². The summed E-state index contributed by atoms with van der Waals surface area (Å²) in [6.07, 6.45) is 1.21. The van der Waals surface area contributed by atoms with Crippen LogP contribution < -0.4 is 9.61 Å². The van der Waals surface area contributed by atoms with Crippen molar-refractivity contribution in [1.82, 2.24) is 5.09 Å². The topological polar surface area (TPSA) is 117 Å². The van der Waals surface area contributed by atoms with E-state index in [0.717, 1.165) is 19.3 Å². The molecular formula is C20H34NO7P. The fraction of sp³-hybridized carbons (Fsp3) is 0.700. The second kappa shape index (κ2) is 12.0. The van der Waals surface area contributed by atoms with Crippen LogP contribution in [0.1, 0.15) is 46.0 Å². The highest BCUT2D eigenvalue weighted by atomic mass is 31.2. The Morgan fingerprint density at radius 1 is 1.24 bits per heavy atom. The molecule has 8 nitrogen and oxygen atoms in total. The summed E-state index contributed by atoms with van der Waals surface area (Å²) in [5, 5.41) is 32.6. The zero-order valence-electron chi connectivity index (χ0n) is 17.1. The Morgan fingerprint density at radius 3 is 2.62 bits per heavy atom. The van der Waals surface area contributed by atoms with Gasteiger partial charge in [-0.05, 0) is 38.3 Å². The lowest BCUT2D eigenvalue weighted by Gasteiger charge is -2.29. The van der Waals surface area contributed by atoms with Crippen LogP contribution in [-0.4, -0.2) is 53.1 Å². The number of benzene rings is 1. The maximum atomic E-state index is 13.5. The fourth-order valence-corrected chi connectivity index (χ4v) is 5.07. The molecule has 1 aliphatic rings. The molecule has 0 amide bonds. The van der Waals surface area contributed by atoms with Gasteiger partial charge in [0.25, 0.3) is 0 Å². The van der Waals surface area contributed by atoms with Gasteiger partial charge in [-0.1, -0.05) is 38.0 Å². The van der Waals surface area contributed by atoms with Crippen molar-refractivity contribution in [1.29, 1.82) is 0 Å². The quantitative estimate of drug-likeness (QED) is 0.214. The van der Waals surface area contributed by atoms with Crippen molar-refractivity contribution < 1.29 is 33.7 Å². The average molecular weight is 431 g/mol. The van der Waals surface area contributed by atoms with Crippen molar-refractivity contribution in [3.8, 4) is 5.75 Å². The van der Waals surface area contributed by atoms with Gasteiger partial charge in [0.1, 0.15) is 5.75 Å². The van der Waals surface area contributed by atoms with E-state index in [2.05, 4.69) is 12.0 Å². The van der Waals surface area contributed by atoms with Crippen LogP contribution in [0.15, 0.2) is 30.3 Å². The normalized spacial score (nSPS) is 26.0. The van der Waals surface area contributed by atoms with E-state index < -0.39 is 38.2 Å². The zero-order chi connectivity index (χ0) is 21.3. The van der Waals surface area contributed by atoms with Crippen molar-refractivity contribution in [2.45, 2.75) is 70.5 Å². The molecule has 0 heterocycles. The molecule has 9 heteroatoms. The molecule has 1 aliphatic carbocycles. The van der Waals surface area contributed by atoms with Crippen LogP contribution in [0.25, 0.3) is 0 Å². The van der Waals surface area contributed by atoms with Crippen molar-refractivity contribution >= 4 is 7.75 Å². The predicted molar refractivity (Wildman–Crippen MR) is 109 cm³/mol. The van der Waals surface area contributed by atoms with E-state index in [1.807, 2.05) is 0 Å². The Balaban J connectivity index is 2.06. The van der Waals surface area contributed by atoms with Crippen LogP contribution in [0.3, 0.4) is 0 Å². The van der Waals surface area contributed by atoms with Crippen LogP contribution in [0.4, 0.5) is 0 Å². The van der Waals surface area contributed by atoms with Gasteiger partial charge in [0, 0.05) is 12.5 Å². The number of nitrogens with one attached hydrogen (secondary N) is 1. The number of ether oxygens (including phenoxy) is 1. The van der Waals surface area contributed by atoms with Crippen LogP contribution >= 0.6 is 7.75 Å². The van der Waals surface area contributed by atoms with Gasteiger partial charge >= 0.3 is 7.75 Å². The number of aliphatic hydroxyl groups excluding tert-OH is 3. The van der Waals surface area contributed by atoms with E-state index in [-0.39, 0.29) is 6.61 Å². The number of hydrogen-bond donors (Lipinski definition) is 4. The van der Waals surface area contributed by atoms with Crippen molar-refractivity contribution in [3.63, 3.8) is 0 Å². The molecule has 2 rings (SSSR count). The van der Waals surface area contributed by atoms with Gasteiger partial charge in [-0.3, -0.25) is 4.52 Å². The van der Waals surface area contributed by atoms with Gasteiger partial charge in [0.15, 0.2) is 6.29 Å². The highest BCUT2D eigenvalue weighted by molar-refractivity contribution is 7.52. The van der Waals surface area contributed by atoms with Crippen molar-refractivity contribution in [3.05, 3.63) is 30.3 Å². The summed E-state index contributed by atoms with van der Waals surface area (Å²) in [6, 6.07) is 7.85. The summed E-state index contributed by atoms with van der Waals surface area (Å²) in [5.41, 5.74) is 0. The number of unbranched alkanes of at least 4 members (excludes halogenated alkanes) is 2. The van der Waals surface area contributed by atoms with E-state index >= 15 is 0 Å². The molecule has 0 bridgehead atoms. The van der Waals surface area contributed by atoms with Crippen LogP contribution in [0, 0.1) is 5.92 Å². The molecule has 1 aromatic rings. The summed E-state index contributed by atoms with van der Waals surface area (Å²) in [4.78, 5) is 0. The largest absolute Gasteiger partial charge is 0.459 e. The van der Waals surface area contributed by atoms with Crippen LogP contribution in [0.2, 0.25) is 0 Å². The van der Waals surface area contributed by atoms with Crippen LogP contribution in [0.5, 0.6) is 5.75 Å². The van der Waals surface area contributed by atoms with E-state index in [1.165, 1.54) is 0 Å². The van der Waals surface area contributed by atoms with Gasteiger partial charge < -0.3 is 24.6 Å². The zero-order valence-corrected chi connectivity index (χ0v) is 18.0. The molecule has 0 aliphatic heterocycles. The number of hydrogen-bond acceptors (Lipinski definition) is 7. The highest BCUT2D eigenvalue weighted by Gasteiger charge is 2.42. The molecule has 29 heavy (non-hydrogen) atoms. The van der Waals surface area contributed by atoms with Gasteiger partial charge in [0.05, 0.1) is 24.9 Å². The minimum Gasteiger partial charge on any atom is -0.413 e. The Morgan fingerprint density at radius 2 is 1.97 bits per heavy atom. The molecule has 2 unspecified atom stereocenters. The van der Waals surface area contributed by atoms with E-state index in [4.69, 9.17) is 13.8 Å². The molecule has 4 N–H and O–H groups in total. The first-order valence-electron chi connectivity index (χ1n) is 10.3. The lowest BCUT2D eigenvalue weighted by atomic mass is 10.1. The molecule has 0 saturated heterocycles. The van der Waals surface area contributed by atoms with E-state index in [9.17, 15) is 19.9 Å². The standard InChI is InChI=1S/C20H34NO7P/c1-3-4-8-13-26-20(24)15(2)21-29(25,27-16-9-6-5-7-10-16)28-19-12-11-18(23)17(19)14-22/h5-7,9-10,15,17-20,22-24H,3-4,8,11-14H2,1-2H3,(H,21,25)/t15-,17+,18-,19+,20?,29?/m0/s1. The smallest absolute Gasteiger partial charge is 0.413 e. The number of aliphatic hydroxyl groups is 3. The second-order valence-electron chi connectivity index (χ2n) is 7.42. The highest BCUT2D eigenvalue weighted by Crippen LogP contribution is 2.49. The third-order valence-electron chi connectivity index (χ3n) is 5.00. The third kappa shape index (κ3) is 7.64. The molecule has 1 saturated carbocycles. The average Bonchev–Trinajstić information content (AvgIpc) is 3.04. The van der Waals surface area contributed by atoms with E-state index in [1.54, 1.807) is 37.3 Å². The number of rotatable bonds is 13. The molecule has 1 fully saturated rings. The molecule has 166 valence electrons. The maximum Gasteiger partial charge on any atom is 0.459 e. The Labute approximate surface area is 172 Å². The summed E-state index contributed by atoms with van der Waals surface area (Å²) in [5.74, 6) is -0.206. The summed E-state index contributed by atoms with van der Waals surface area (Å²) in [6.45, 7) is 3.82. The maximum absolute atomic E-state index is 13.5. The molecule has 0 radical (unpaired) electrons. The summed E-state index contributed by atoms with van der Waals surface area (Å²) >= 11 is 0. The molecular weight excluding hydrogens is 397 g/mol. The first kappa shape index (κ1) is 24.3. The third-order valence-corrected chi connectivity index (χ3v) is 6.72. The molecule has 0 aromatic heterocycles. The lowest BCUT2D eigenvalue weighted by Crippen LogP contribution is -2.40. The minimum atomic E-state index is -3.93. The SMILES string of the molecule is CCCCCOC(O)[C@H](C)NP(=O)(Oc1ccccc1)O[C@@H]1CC[C@H](O)[C@H]1CO. The Kier molecular flexibility index (Phi) is 10.1. The molecule has 0 spiro atoms. The van der Waals surface area contributed by atoms with Crippen LogP contribution in [-0.2, 0) is 13.8 Å². The van der Waals surface area contributed by atoms with Gasteiger partial charge in [-0.2, -0.15) is 0 Å². The van der Waals surface area contributed by atoms with Gasteiger partial charge in [-0.15, -0.1) is 0 Å². The monoisotopic (exact) mass is 431 g/mol. The first-order chi connectivity index (χ1) is 13.9. The summed E-state index contributed by atoms with van der Waals surface area (Å²) in [7, 11) is -3.93. The molecule has 6 atom stereocenters. The Bertz CT molecular complexity index is 633. The lowest BCUT2D eigenvalue weighted by molar-refractivity contribution is -0.114. The fourth-order valence-electron chi connectivity index (χ4n) is 3.27. The van der Waals surface area contributed by atoms with E-state index in [0.29, 0.717) is 25.2 Å². The molecule has 1 aromatic carbocycles. The van der Waals surface area contributed by atoms with Crippen molar-refractivity contribution in [2.24, 2.45) is 5.92 Å². The minimum absolute atomic E-state index is 0.282. The van der Waals surface area contributed by atoms with Gasteiger partial charge in [0.2, 0.25) is 0 Å². The summed E-state index contributed by atoms with van der Waals surface area (Å²) < 4.78 is 30.3.